The molecule has 0 amide bonds. The van der Waals surface area contributed by atoms with E-state index in [-0.39, 0.29) is 0 Å². The van der Waals surface area contributed by atoms with Gasteiger partial charge in [0.2, 0.25) is 5.89 Å². The lowest BCUT2D eigenvalue weighted by Gasteiger charge is -2.04. The molecule has 5 rings (SSSR count). The first-order valence-corrected chi connectivity index (χ1v) is 8.65. The minimum Gasteiger partial charge on any atom is -0.436 e. The number of nitrogens with one attached hydrogen (secondary N) is 1. The number of rotatable bonds is 1. The van der Waals surface area contributed by atoms with Gasteiger partial charge >= 0.3 is 0 Å². The first-order chi connectivity index (χ1) is 12.2. The average Bonchev–Trinajstić information content (AvgIpc) is 2.97. The van der Waals surface area contributed by atoms with Crippen molar-refractivity contribution in [2.75, 3.05) is 0 Å². The van der Waals surface area contributed by atoms with E-state index in [1.165, 1.54) is 0 Å². The monoisotopic (exact) mass is 389 g/mol. The molecule has 3 aromatic rings. The van der Waals surface area contributed by atoms with E-state index < -0.39 is 0 Å². The summed E-state index contributed by atoms with van der Waals surface area (Å²) in [4.78, 5) is 0. The molecule has 1 N–H and O–H groups in total. The summed E-state index contributed by atoms with van der Waals surface area (Å²) in [6.07, 6.45) is 0. The lowest BCUT2D eigenvalue weighted by Crippen LogP contribution is -2.14. The van der Waals surface area contributed by atoms with Crippen LogP contribution >= 0.6 is 15.9 Å². The van der Waals surface area contributed by atoms with Gasteiger partial charge in [-0.15, -0.1) is 5.10 Å². The molecule has 0 bridgehead atoms. The molecule has 5 heteroatoms. The van der Waals surface area contributed by atoms with Gasteiger partial charge in [0.05, 0.1) is 11.3 Å². The quantitative estimate of drug-likeness (QED) is 0.404. The summed E-state index contributed by atoms with van der Waals surface area (Å²) in [7, 11) is 0. The lowest BCUT2D eigenvalue weighted by atomic mass is 10.0. The van der Waals surface area contributed by atoms with Gasteiger partial charge in [-0.2, -0.15) is 0 Å². The normalized spacial score (nSPS) is 11.6. The van der Waals surface area contributed by atoms with Gasteiger partial charge < -0.3 is 4.42 Å². The standard InChI is InChI=1S/C20H12BrN3O/c21-13-6-8-14(9-7-13)24-19(22)17-11-16-15-4-2-1-3-12(15)5-10-18(16)25-20(17)23-24/h1-11,22H. The molecule has 0 saturated carbocycles. The van der Waals surface area contributed by atoms with Gasteiger partial charge in [-0.05, 0) is 47.2 Å². The van der Waals surface area contributed by atoms with Gasteiger partial charge in [-0.25, -0.2) is 4.68 Å². The van der Waals surface area contributed by atoms with Crippen LogP contribution in [0.5, 0.6) is 0 Å². The van der Waals surface area contributed by atoms with E-state index in [0.29, 0.717) is 16.9 Å². The Morgan fingerprint density at radius 1 is 0.920 bits per heavy atom. The number of hydrogen-bond acceptors (Lipinski definition) is 3. The highest BCUT2D eigenvalue weighted by Crippen LogP contribution is 2.30. The summed E-state index contributed by atoms with van der Waals surface area (Å²) >= 11 is 3.43. The number of halogens is 1. The maximum Gasteiger partial charge on any atom is 0.248 e. The Kier molecular flexibility index (Phi) is 3.05. The molecule has 2 aliphatic heterocycles. The lowest BCUT2D eigenvalue weighted by molar-refractivity contribution is 0.591. The van der Waals surface area contributed by atoms with Crippen molar-refractivity contribution in [2.45, 2.75) is 0 Å². The molecule has 0 aliphatic carbocycles. The third-order valence-electron chi connectivity index (χ3n) is 4.39. The third kappa shape index (κ3) is 2.20. The zero-order valence-corrected chi connectivity index (χ0v) is 14.6. The third-order valence-corrected chi connectivity index (χ3v) is 4.91. The van der Waals surface area contributed by atoms with Crippen molar-refractivity contribution in [1.29, 1.82) is 5.41 Å². The summed E-state index contributed by atoms with van der Waals surface area (Å²) in [5.41, 5.74) is 2.61. The van der Waals surface area contributed by atoms with Crippen LogP contribution in [0.1, 0.15) is 0 Å². The van der Waals surface area contributed by atoms with Gasteiger partial charge in [0.15, 0.2) is 5.49 Å². The number of nitrogens with zero attached hydrogens (tertiary/aromatic N) is 2. The van der Waals surface area contributed by atoms with E-state index in [2.05, 4.69) is 33.2 Å². The second-order valence-electron chi connectivity index (χ2n) is 5.90. The fraction of sp³-hybridized carbons (Fsp3) is 0. The topological polar surface area (TPSA) is 54.8 Å². The van der Waals surface area contributed by atoms with Gasteiger partial charge in [0, 0.05) is 9.86 Å². The molecule has 0 saturated heterocycles. The van der Waals surface area contributed by atoms with Gasteiger partial charge in [-0.3, -0.25) is 5.41 Å². The van der Waals surface area contributed by atoms with Crippen molar-refractivity contribution in [2.24, 2.45) is 0 Å². The first-order valence-electron chi connectivity index (χ1n) is 7.85. The van der Waals surface area contributed by atoms with E-state index in [0.717, 1.165) is 31.9 Å². The molecule has 0 fully saturated rings. The van der Waals surface area contributed by atoms with Gasteiger partial charge in [0.25, 0.3) is 0 Å². The van der Waals surface area contributed by atoms with Gasteiger partial charge in [-0.1, -0.05) is 46.3 Å². The van der Waals surface area contributed by atoms with Crippen LogP contribution in [0.2, 0.25) is 0 Å². The maximum absolute atomic E-state index is 8.52. The highest BCUT2D eigenvalue weighted by molar-refractivity contribution is 9.10. The Morgan fingerprint density at radius 3 is 2.56 bits per heavy atom. The smallest absolute Gasteiger partial charge is 0.248 e. The van der Waals surface area contributed by atoms with Crippen molar-refractivity contribution in [1.82, 2.24) is 9.78 Å². The van der Waals surface area contributed by atoms with E-state index in [4.69, 9.17) is 9.83 Å². The minimum absolute atomic E-state index is 0.316. The zero-order chi connectivity index (χ0) is 17.0. The molecule has 4 nitrogen and oxygen atoms in total. The van der Waals surface area contributed by atoms with E-state index in [9.17, 15) is 0 Å². The van der Waals surface area contributed by atoms with Crippen molar-refractivity contribution in [3.05, 3.63) is 76.7 Å². The van der Waals surface area contributed by atoms with Crippen LogP contribution in [0.25, 0.3) is 38.9 Å². The second kappa shape index (κ2) is 5.29. The summed E-state index contributed by atoms with van der Waals surface area (Å²) in [5.74, 6) is 0.468. The van der Waals surface area contributed by atoms with E-state index in [1.54, 1.807) is 4.68 Å². The molecule has 0 spiro atoms. The van der Waals surface area contributed by atoms with Crippen molar-refractivity contribution < 1.29 is 4.42 Å². The molecular formula is C20H12BrN3O. The highest BCUT2D eigenvalue weighted by atomic mass is 79.9. The Hall–Kier alpha value is -2.92. The fourth-order valence-corrected chi connectivity index (χ4v) is 3.41. The number of benzene rings is 3. The minimum atomic E-state index is 0.316. The first kappa shape index (κ1) is 14.4. The number of fused-ring (bicyclic) bond motifs is 4. The largest absolute Gasteiger partial charge is 0.436 e. The molecule has 0 aromatic heterocycles. The molecule has 3 aromatic carbocycles. The summed E-state index contributed by atoms with van der Waals surface area (Å²) in [6.45, 7) is 0. The summed E-state index contributed by atoms with van der Waals surface area (Å²) in [6, 6.07) is 21.9. The van der Waals surface area contributed by atoms with Crippen LogP contribution < -0.4 is 5.49 Å². The maximum atomic E-state index is 8.52. The summed E-state index contributed by atoms with van der Waals surface area (Å²) in [5, 5.41) is 16.3. The Morgan fingerprint density at radius 2 is 1.72 bits per heavy atom. The van der Waals surface area contributed by atoms with Crippen LogP contribution in [0, 0.1) is 5.41 Å². The van der Waals surface area contributed by atoms with Crippen LogP contribution in [-0.2, 0) is 0 Å². The summed E-state index contributed by atoms with van der Waals surface area (Å²) < 4.78 is 8.59. The number of aromatic nitrogens is 2. The molecule has 0 unspecified atom stereocenters. The Balaban J connectivity index is 1.84. The SMILES string of the molecule is N=c1c2cc3c(ccc4ccccc43)oc-2nn1-c1ccc(Br)cc1. The van der Waals surface area contributed by atoms with Crippen LogP contribution in [0.4, 0.5) is 0 Å². The number of hydrogen-bond donors (Lipinski definition) is 1. The Labute approximate surface area is 151 Å². The molecule has 0 atom stereocenters. The molecule has 2 aliphatic rings. The predicted octanol–water partition coefficient (Wildman–Crippen LogP) is 5.12. The highest BCUT2D eigenvalue weighted by Gasteiger charge is 2.18. The van der Waals surface area contributed by atoms with E-state index in [1.807, 2.05) is 54.6 Å². The second-order valence-corrected chi connectivity index (χ2v) is 6.82. The van der Waals surface area contributed by atoms with Crippen LogP contribution in [-0.4, -0.2) is 9.78 Å². The molecule has 25 heavy (non-hydrogen) atoms. The predicted molar refractivity (Wildman–Crippen MR) is 101 cm³/mol. The van der Waals surface area contributed by atoms with Gasteiger partial charge in [0.1, 0.15) is 5.58 Å². The van der Waals surface area contributed by atoms with Crippen LogP contribution in [0.15, 0.2) is 75.6 Å². The van der Waals surface area contributed by atoms with E-state index >= 15 is 0 Å². The molecular weight excluding hydrogens is 378 g/mol. The van der Waals surface area contributed by atoms with Crippen molar-refractivity contribution >= 4 is 37.7 Å². The Bertz CT molecular complexity index is 1270. The molecule has 0 radical (unpaired) electrons. The van der Waals surface area contributed by atoms with Crippen molar-refractivity contribution in [3.8, 4) is 17.1 Å². The van der Waals surface area contributed by atoms with Crippen molar-refractivity contribution in [3.63, 3.8) is 0 Å². The zero-order valence-electron chi connectivity index (χ0n) is 13.0. The molecule has 2 heterocycles. The molecule has 120 valence electrons. The average molecular weight is 390 g/mol. The fourth-order valence-electron chi connectivity index (χ4n) is 3.15. The van der Waals surface area contributed by atoms with Crippen LogP contribution in [0.3, 0.4) is 0 Å².